The zero-order valence-electron chi connectivity index (χ0n) is 12.2. The van der Waals surface area contributed by atoms with Crippen LogP contribution in [0.3, 0.4) is 0 Å². The number of aryl methyl sites for hydroxylation is 1. The largest absolute Gasteiger partial charge is 0.491 e. The molecule has 2 aromatic rings. The number of rotatable bonds is 6. The Balaban J connectivity index is 1.96. The molecule has 0 bridgehead atoms. The van der Waals surface area contributed by atoms with Gasteiger partial charge in [-0.05, 0) is 48.9 Å². The summed E-state index contributed by atoms with van der Waals surface area (Å²) in [6.45, 7) is 2.95. The molecule has 0 atom stereocenters. The summed E-state index contributed by atoms with van der Waals surface area (Å²) in [6.07, 6.45) is 0. The van der Waals surface area contributed by atoms with Gasteiger partial charge in [-0.15, -0.1) is 0 Å². The van der Waals surface area contributed by atoms with E-state index in [4.69, 9.17) is 14.2 Å². The predicted octanol–water partition coefficient (Wildman–Crippen LogP) is 3.24. The highest BCUT2D eigenvalue weighted by atomic mass is 16.5. The summed E-state index contributed by atoms with van der Waals surface area (Å²) >= 11 is 0. The zero-order valence-corrected chi connectivity index (χ0v) is 12.2. The second-order valence-electron chi connectivity index (χ2n) is 4.57. The van der Waals surface area contributed by atoms with Gasteiger partial charge in [-0.25, -0.2) is 4.79 Å². The molecule has 4 nitrogen and oxygen atoms in total. The van der Waals surface area contributed by atoms with E-state index in [0.717, 1.165) is 5.56 Å². The van der Waals surface area contributed by atoms with Crippen molar-refractivity contribution in [1.29, 1.82) is 0 Å². The standard InChI is InChI=1S/C17H18O4/c1-13-4-3-5-16(12-13)21-17(18)14-6-8-15(9-7-14)20-11-10-19-2/h3-9,12H,10-11H2,1-2H3. The van der Waals surface area contributed by atoms with Gasteiger partial charge in [0.2, 0.25) is 0 Å². The van der Waals surface area contributed by atoms with Crippen molar-refractivity contribution >= 4 is 5.97 Å². The highest BCUT2D eigenvalue weighted by Gasteiger charge is 2.08. The monoisotopic (exact) mass is 286 g/mol. The van der Waals surface area contributed by atoms with Gasteiger partial charge in [-0.3, -0.25) is 0 Å². The molecule has 0 amide bonds. The quantitative estimate of drug-likeness (QED) is 0.464. The summed E-state index contributed by atoms with van der Waals surface area (Å²) < 4.78 is 15.7. The molecular formula is C17H18O4. The molecular weight excluding hydrogens is 268 g/mol. The van der Waals surface area contributed by atoms with Crippen LogP contribution in [0.5, 0.6) is 11.5 Å². The molecule has 0 unspecified atom stereocenters. The van der Waals surface area contributed by atoms with Crippen LogP contribution in [0.4, 0.5) is 0 Å². The summed E-state index contributed by atoms with van der Waals surface area (Å²) in [5, 5.41) is 0. The minimum absolute atomic E-state index is 0.385. The van der Waals surface area contributed by atoms with Gasteiger partial charge in [-0.2, -0.15) is 0 Å². The van der Waals surface area contributed by atoms with Crippen molar-refractivity contribution in [1.82, 2.24) is 0 Å². The second-order valence-corrected chi connectivity index (χ2v) is 4.57. The van der Waals surface area contributed by atoms with Crippen molar-refractivity contribution < 1.29 is 19.0 Å². The maximum Gasteiger partial charge on any atom is 0.343 e. The molecule has 0 spiro atoms. The fourth-order valence-corrected chi connectivity index (χ4v) is 1.77. The second kappa shape index (κ2) is 7.45. The smallest absolute Gasteiger partial charge is 0.343 e. The molecule has 0 aliphatic carbocycles. The number of ether oxygens (including phenoxy) is 3. The van der Waals surface area contributed by atoms with E-state index in [1.807, 2.05) is 25.1 Å². The molecule has 0 fully saturated rings. The lowest BCUT2D eigenvalue weighted by Crippen LogP contribution is -2.09. The number of methoxy groups -OCH3 is 1. The van der Waals surface area contributed by atoms with Crippen molar-refractivity contribution in [3.05, 3.63) is 59.7 Å². The lowest BCUT2D eigenvalue weighted by molar-refractivity contribution is 0.0734. The molecule has 4 heteroatoms. The summed E-state index contributed by atoms with van der Waals surface area (Å²) in [5.74, 6) is 0.851. The number of hydrogen-bond acceptors (Lipinski definition) is 4. The maximum absolute atomic E-state index is 12.0. The fourth-order valence-electron chi connectivity index (χ4n) is 1.77. The first kappa shape index (κ1) is 15.1. The van der Waals surface area contributed by atoms with Crippen LogP contribution in [0.25, 0.3) is 0 Å². The minimum atomic E-state index is -0.385. The van der Waals surface area contributed by atoms with Gasteiger partial charge in [-0.1, -0.05) is 12.1 Å². The van der Waals surface area contributed by atoms with Gasteiger partial charge in [0.05, 0.1) is 12.2 Å². The van der Waals surface area contributed by atoms with Crippen molar-refractivity contribution in [3.63, 3.8) is 0 Å². The van der Waals surface area contributed by atoms with E-state index in [9.17, 15) is 4.79 Å². The van der Waals surface area contributed by atoms with Crippen LogP contribution in [-0.2, 0) is 4.74 Å². The normalized spacial score (nSPS) is 10.2. The van der Waals surface area contributed by atoms with Crippen LogP contribution in [0, 0.1) is 6.92 Å². The van der Waals surface area contributed by atoms with Crippen LogP contribution in [0.2, 0.25) is 0 Å². The highest BCUT2D eigenvalue weighted by molar-refractivity contribution is 5.91. The Morgan fingerprint density at radius 1 is 1.00 bits per heavy atom. The van der Waals surface area contributed by atoms with Crippen LogP contribution in [0.15, 0.2) is 48.5 Å². The fraction of sp³-hybridized carbons (Fsp3) is 0.235. The van der Waals surface area contributed by atoms with E-state index in [1.54, 1.807) is 37.4 Å². The van der Waals surface area contributed by atoms with Crippen molar-refractivity contribution in [2.45, 2.75) is 6.92 Å². The minimum Gasteiger partial charge on any atom is -0.491 e. The van der Waals surface area contributed by atoms with Gasteiger partial charge < -0.3 is 14.2 Å². The summed E-state index contributed by atoms with van der Waals surface area (Å²) in [4.78, 5) is 12.0. The molecule has 21 heavy (non-hydrogen) atoms. The van der Waals surface area contributed by atoms with E-state index in [1.165, 1.54) is 0 Å². The number of benzene rings is 2. The van der Waals surface area contributed by atoms with Crippen molar-refractivity contribution in [2.75, 3.05) is 20.3 Å². The molecule has 0 saturated heterocycles. The van der Waals surface area contributed by atoms with E-state index in [0.29, 0.717) is 30.3 Å². The Bertz CT molecular complexity index is 590. The Morgan fingerprint density at radius 3 is 2.43 bits per heavy atom. The molecule has 0 aromatic heterocycles. The third kappa shape index (κ3) is 4.61. The first-order valence-electron chi connectivity index (χ1n) is 6.69. The topological polar surface area (TPSA) is 44.8 Å². The third-order valence-electron chi connectivity index (χ3n) is 2.85. The van der Waals surface area contributed by atoms with Gasteiger partial charge in [0.1, 0.15) is 18.1 Å². The van der Waals surface area contributed by atoms with E-state index in [-0.39, 0.29) is 5.97 Å². The molecule has 0 aliphatic heterocycles. The van der Waals surface area contributed by atoms with Gasteiger partial charge >= 0.3 is 5.97 Å². The Kier molecular flexibility index (Phi) is 5.35. The SMILES string of the molecule is COCCOc1ccc(C(=O)Oc2cccc(C)c2)cc1. The lowest BCUT2D eigenvalue weighted by atomic mass is 10.2. The molecule has 0 N–H and O–H groups in total. The van der Waals surface area contributed by atoms with Crippen LogP contribution >= 0.6 is 0 Å². The Hall–Kier alpha value is -2.33. The summed E-state index contributed by atoms with van der Waals surface area (Å²) in [7, 11) is 1.62. The zero-order chi connectivity index (χ0) is 15.1. The van der Waals surface area contributed by atoms with E-state index in [2.05, 4.69) is 0 Å². The number of esters is 1. The first-order chi connectivity index (χ1) is 10.2. The van der Waals surface area contributed by atoms with E-state index >= 15 is 0 Å². The molecule has 2 rings (SSSR count). The number of carbonyl (C=O) groups excluding carboxylic acids is 1. The summed E-state index contributed by atoms with van der Waals surface area (Å²) in [6, 6.07) is 14.2. The number of carbonyl (C=O) groups is 1. The maximum atomic E-state index is 12.0. The number of hydrogen-bond donors (Lipinski definition) is 0. The highest BCUT2D eigenvalue weighted by Crippen LogP contribution is 2.16. The molecule has 2 aromatic carbocycles. The average molecular weight is 286 g/mol. The summed E-state index contributed by atoms with van der Waals surface area (Å²) in [5.41, 5.74) is 1.53. The van der Waals surface area contributed by atoms with Crippen LogP contribution in [0.1, 0.15) is 15.9 Å². The van der Waals surface area contributed by atoms with Gasteiger partial charge in [0, 0.05) is 7.11 Å². The van der Waals surface area contributed by atoms with Crippen LogP contribution in [-0.4, -0.2) is 26.3 Å². The van der Waals surface area contributed by atoms with Crippen LogP contribution < -0.4 is 9.47 Å². The molecule has 0 aliphatic rings. The Labute approximate surface area is 124 Å². The molecule has 0 heterocycles. The third-order valence-corrected chi connectivity index (χ3v) is 2.85. The molecule has 110 valence electrons. The molecule has 0 radical (unpaired) electrons. The van der Waals surface area contributed by atoms with E-state index < -0.39 is 0 Å². The predicted molar refractivity (Wildman–Crippen MR) is 80.0 cm³/mol. The average Bonchev–Trinajstić information content (AvgIpc) is 2.48. The first-order valence-corrected chi connectivity index (χ1v) is 6.69. The van der Waals surface area contributed by atoms with Crippen molar-refractivity contribution in [3.8, 4) is 11.5 Å². The Morgan fingerprint density at radius 2 is 1.76 bits per heavy atom. The van der Waals surface area contributed by atoms with Gasteiger partial charge in [0.15, 0.2) is 0 Å². The lowest BCUT2D eigenvalue weighted by Gasteiger charge is -2.07. The molecule has 0 saturated carbocycles. The van der Waals surface area contributed by atoms with Gasteiger partial charge in [0.25, 0.3) is 0 Å². The van der Waals surface area contributed by atoms with Crippen molar-refractivity contribution in [2.24, 2.45) is 0 Å².